The fraction of sp³-hybridized carbons (Fsp3) is 0.333. The van der Waals surface area contributed by atoms with E-state index in [0.29, 0.717) is 5.56 Å². The number of phenolic OH excluding ortho intramolecular Hbond substituents is 2. The standard InChI is InChI=1S/C18H22N2O2/c1-11(13-7-4-10-16(21)18(13)22)20-15-9-3-6-12-5-2-8-14(19)17(12)15/h2-8,10-11,14-15,17,20-22H,9,19H2,1H3. The minimum Gasteiger partial charge on any atom is -0.504 e. The number of nitrogens with two attached hydrogens (primary N) is 1. The summed E-state index contributed by atoms with van der Waals surface area (Å²) in [5.74, 6) is 0.0851. The van der Waals surface area contributed by atoms with E-state index in [9.17, 15) is 10.2 Å². The van der Waals surface area contributed by atoms with E-state index < -0.39 is 0 Å². The van der Waals surface area contributed by atoms with E-state index in [1.165, 1.54) is 11.6 Å². The molecule has 4 atom stereocenters. The van der Waals surface area contributed by atoms with Crippen LogP contribution >= 0.6 is 0 Å². The number of phenols is 2. The second kappa shape index (κ2) is 5.99. The zero-order valence-corrected chi connectivity index (χ0v) is 12.6. The van der Waals surface area contributed by atoms with Crippen LogP contribution in [0.2, 0.25) is 0 Å². The molecule has 1 aromatic carbocycles. The van der Waals surface area contributed by atoms with Crippen LogP contribution in [0.3, 0.4) is 0 Å². The lowest BCUT2D eigenvalue weighted by molar-refractivity contribution is 0.329. The Kier molecular flexibility index (Phi) is 4.05. The predicted molar refractivity (Wildman–Crippen MR) is 87.6 cm³/mol. The van der Waals surface area contributed by atoms with E-state index >= 15 is 0 Å². The number of para-hydroxylation sites is 1. The van der Waals surface area contributed by atoms with Crippen LogP contribution in [0.15, 0.2) is 54.2 Å². The van der Waals surface area contributed by atoms with Crippen molar-refractivity contribution in [3.8, 4) is 11.5 Å². The fourth-order valence-corrected chi connectivity index (χ4v) is 3.39. The monoisotopic (exact) mass is 298 g/mol. The van der Waals surface area contributed by atoms with Gasteiger partial charge in [-0.3, -0.25) is 0 Å². The van der Waals surface area contributed by atoms with Gasteiger partial charge in [0.05, 0.1) is 0 Å². The SMILES string of the molecule is CC(NC1CC=CC2=CC=CC(N)C21)c1cccc(O)c1O. The molecule has 4 nitrogen and oxygen atoms in total. The average Bonchev–Trinajstić information content (AvgIpc) is 2.50. The smallest absolute Gasteiger partial charge is 0.162 e. The second-order valence-electron chi connectivity index (χ2n) is 6.00. The van der Waals surface area contributed by atoms with Crippen molar-refractivity contribution in [1.82, 2.24) is 5.32 Å². The van der Waals surface area contributed by atoms with Gasteiger partial charge >= 0.3 is 0 Å². The second-order valence-corrected chi connectivity index (χ2v) is 6.00. The van der Waals surface area contributed by atoms with Crippen LogP contribution in [0, 0.1) is 5.92 Å². The summed E-state index contributed by atoms with van der Waals surface area (Å²) < 4.78 is 0. The number of fused-ring (bicyclic) bond motifs is 1. The Morgan fingerprint density at radius 3 is 2.95 bits per heavy atom. The molecule has 22 heavy (non-hydrogen) atoms. The van der Waals surface area contributed by atoms with Crippen LogP contribution in [0.1, 0.15) is 24.9 Å². The molecule has 4 heteroatoms. The number of benzene rings is 1. The highest BCUT2D eigenvalue weighted by atomic mass is 16.3. The van der Waals surface area contributed by atoms with Gasteiger partial charge < -0.3 is 21.3 Å². The Morgan fingerprint density at radius 1 is 1.32 bits per heavy atom. The lowest BCUT2D eigenvalue weighted by Gasteiger charge is -2.37. The van der Waals surface area contributed by atoms with Crippen LogP contribution in [0.25, 0.3) is 0 Å². The number of aromatic hydroxyl groups is 2. The van der Waals surface area contributed by atoms with Gasteiger partial charge in [0.25, 0.3) is 0 Å². The average molecular weight is 298 g/mol. The normalized spacial score (nSPS) is 28.1. The first kappa shape index (κ1) is 14.9. The highest BCUT2D eigenvalue weighted by Crippen LogP contribution is 2.35. The minimum absolute atomic E-state index is 0.00702. The summed E-state index contributed by atoms with van der Waals surface area (Å²) in [4.78, 5) is 0. The van der Waals surface area contributed by atoms with Gasteiger partial charge in [-0.2, -0.15) is 0 Å². The fourth-order valence-electron chi connectivity index (χ4n) is 3.39. The zero-order valence-electron chi connectivity index (χ0n) is 12.6. The molecule has 1 aromatic rings. The van der Waals surface area contributed by atoms with Crippen molar-refractivity contribution in [2.45, 2.75) is 31.5 Å². The van der Waals surface area contributed by atoms with Gasteiger partial charge in [-0.05, 0) is 25.0 Å². The van der Waals surface area contributed by atoms with E-state index in [4.69, 9.17) is 5.73 Å². The van der Waals surface area contributed by atoms with Crippen LogP contribution in [0.5, 0.6) is 11.5 Å². The zero-order chi connectivity index (χ0) is 15.7. The minimum atomic E-state index is -0.0902. The molecule has 0 radical (unpaired) electrons. The third kappa shape index (κ3) is 2.67. The third-order valence-corrected chi connectivity index (χ3v) is 4.53. The number of hydrogen-bond donors (Lipinski definition) is 4. The van der Waals surface area contributed by atoms with E-state index in [0.717, 1.165) is 6.42 Å². The summed E-state index contributed by atoms with van der Waals surface area (Å²) in [7, 11) is 0. The van der Waals surface area contributed by atoms with Crippen LogP contribution in [-0.4, -0.2) is 22.3 Å². The Bertz CT molecular complexity index is 648. The van der Waals surface area contributed by atoms with Gasteiger partial charge in [-0.15, -0.1) is 0 Å². The molecule has 116 valence electrons. The van der Waals surface area contributed by atoms with Gasteiger partial charge in [0, 0.05) is 29.6 Å². The molecule has 0 spiro atoms. The van der Waals surface area contributed by atoms with Crippen LogP contribution in [0.4, 0.5) is 0 Å². The van der Waals surface area contributed by atoms with Crippen LogP contribution in [-0.2, 0) is 0 Å². The number of rotatable bonds is 3. The highest BCUT2D eigenvalue weighted by Gasteiger charge is 2.32. The number of hydrogen-bond acceptors (Lipinski definition) is 4. The molecule has 0 aliphatic heterocycles. The van der Waals surface area contributed by atoms with Gasteiger partial charge in [-0.1, -0.05) is 42.5 Å². The van der Waals surface area contributed by atoms with Crippen LogP contribution < -0.4 is 11.1 Å². The molecular formula is C18H22N2O2. The Labute approximate surface area is 130 Å². The molecule has 3 rings (SSSR count). The lowest BCUT2D eigenvalue weighted by Crippen LogP contribution is -2.47. The van der Waals surface area contributed by atoms with Crippen molar-refractivity contribution in [3.05, 3.63) is 59.7 Å². The summed E-state index contributed by atoms with van der Waals surface area (Å²) >= 11 is 0. The van der Waals surface area contributed by atoms with E-state index in [-0.39, 0.29) is 35.5 Å². The summed E-state index contributed by atoms with van der Waals surface area (Å²) in [6.07, 6.45) is 11.3. The van der Waals surface area contributed by atoms with Crippen molar-refractivity contribution >= 4 is 0 Å². The lowest BCUT2D eigenvalue weighted by atomic mass is 9.77. The van der Waals surface area contributed by atoms with Gasteiger partial charge in [0.1, 0.15) is 0 Å². The Hall–Kier alpha value is -2.04. The van der Waals surface area contributed by atoms with Gasteiger partial charge in [-0.25, -0.2) is 0 Å². The molecule has 0 saturated heterocycles. The maximum absolute atomic E-state index is 10.0. The molecule has 0 bridgehead atoms. The molecule has 0 saturated carbocycles. The maximum atomic E-state index is 10.0. The molecule has 0 aromatic heterocycles. The summed E-state index contributed by atoms with van der Waals surface area (Å²) in [5.41, 5.74) is 8.19. The Morgan fingerprint density at radius 2 is 2.14 bits per heavy atom. The van der Waals surface area contributed by atoms with Crippen molar-refractivity contribution in [2.24, 2.45) is 11.7 Å². The summed E-state index contributed by atoms with van der Waals surface area (Å²) in [5, 5.41) is 23.2. The Balaban J connectivity index is 1.80. The van der Waals surface area contributed by atoms with Gasteiger partial charge in [0.2, 0.25) is 0 Å². The highest BCUT2D eigenvalue weighted by molar-refractivity contribution is 5.46. The van der Waals surface area contributed by atoms with Crippen molar-refractivity contribution in [3.63, 3.8) is 0 Å². The topological polar surface area (TPSA) is 78.5 Å². The van der Waals surface area contributed by atoms with E-state index in [2.05, 4.69) is 23.5 Å². The number of allylic oxidation sites excluding steroid dienone is 3. The molecule has 2 aliphatic carbocycles. The summed E-state index contributed by atoms with van der Waals surface area (Å²) in [6.45, 7) is 1.99. The number of nitrogens with one attached hydrogen (secondary N) is 1. The molecule has 0 amide bonds. The molecule has 5 N–H and O–H groups in total. The predicted octanol–water partition coefficient (Wildman–Crippen LogP) is 2.52. The van der Waals surface area contributed by atoms with Crippen molar-refractivity contribution < 1.29 is 10.2 Å². The quantitative estimate of drug-likeness (QED) is 0.647. The van der Waals surface area contributed by atoms with Crippen molar-refractivity contribution in [2.75, 3.05) is 0 Å². The summed E-state index contributed by atoms with van der Waals surface area (Å²) in [6, 6.07) is 5.16. The first-order valence-electron chi connectivity index (χ1n) is 7.65. The van der Waals surface area contributed by atoms with E-state index in [1.807, 2.05) is 25.1 Å². The molecular weight excluding hydrogens is 276 g/mol. The molecule has 4 unspecified atom stereocenters. The molecule has 0 heterocycles. The first-order valence-corrected chi connectivity index (χ1v) is 7.65. The van der Waals surface area contributed by atoms with Gasteiger partial charge in [0.15, 0.2) is 11.5 Å². The first-order chi connectivity index (χ1) is 10.6. The van der Waals surface area contributed by atoms with E-state index in [1.54, 1.807) is 6.07 Å². The molecule has 2 aliphatic rings. The largest absolute Gasteiger partial charge is 0.504 e. The third-order valence-electron chi connectivity index (χ3n) is 4.53. The maximum Gasteiger partial charge on any atom is 0.162 e. The van der Waals surface area contributed by atoms with Crippen molar-refractivity contribution in [1.29, 1.82) is 0 Å². The molecule has 0 fully saturated rings.